The number of aromatic nitrogens is 2. The second kappa shape index (κ2) is 9.87. The van der Waals surface area contributed by atoms with Crippen molar-refractivity contribution in [1.29, 1.82) is 0 Å². The topological polar surface area (TPSA) is 94.3 Å². The van der Waals surface area contributed by atoms with Gasteiger partial charge in [-0.05, 0) is 68.4 Å². The van der Waals surface area contributed by atoms with Crippen LogP contribution in [-0.2, 0) is 22.4 Å². The highest BCUT2D eigenvalue weighted by atomic mass is 32.2. The number of methoxy groups -OCH3 is 1. The number of fused-ring (bicyclic) bond motifs is 1. The van der Waals surface area contributed by atoms with Crippen molar-refractivity contribution >= 4 is 40.0 Å². The van der Waals surface area contributed by atoms with Crippen molar-refractivity contribution in [2.75, 3.05) is 18.2 Å². The predicted octanol–water partition coefficient (Wildman–Crippen LogP) is 5.20. The minimum Gasteiger partial charge on any atom is -0.465 e. The second-order valence-corrected chi connectivity index (χ2v) is 9.80. The van der Waals surface area contributed by atoms with E-state index in [-0.39, 0.29) is 11.7 Å². The number of amides is 1. The zero-order valence-corrected chi connectivity index (χ0v) is 20.0. The Labute approximate surface area is 195 Å². The summed E-state index contributed by atoms with van der Waals surface area (Å²) < 4.78 is 10.7. The Kier molecular flexibility index (Phi) is 6.95. The summed E-state index contributed by atoms with van der Waals surface area (Å²) in [5, 5.41) is 11.9. The standard InChI is InChI=1S/C23H25N3O4S2/c1-13-9-10-15(11-14(13)2)20-25-26-23(30-20)31-12-18(27)24-21-19(22(28)29-3)16-7-5-4-6-8-17(16)32-21/h9-11H,4-8,12H2,1-3H3,(H,24,27). The van der Waals surface area contributed by atoms with Crippen LogP contribution in [0.15, 0.2) is 27.8 Å². The lowest BCUT2D eigenvalue weighted by molar-refractivity contribution is -0.113. The number of carbonyl (C=O) groups excluding carboxylic acids is 2. The van der Waals surface area contributed by atoms with Gasteiger partial charge in [0.05, 0.1) is 18.4 Å². The zero-order chi connectivity index (χ0) is 22.7. The molecule has 0 unspecified atom stereocenters. The van der Waals surface area contributed by atoms with E-state index in [0.29, 0.717) is 21.7 Å². The van der Waals surface area contributed by atoms with Gasteiger partial charge in [-0.3, -0.25) is 4.79 Å². The molecule has 32 heavy (non-hydrogen) atoms. The number of thioether (sulfide) groups is 1. The SMILES string of the molecule is COC(=O)c1c(NC(=O)CSc2nnc(-c3ccc(C)c(C)c3)o2)sc2c1CCCCC2. The molecule has 9 heteroatoms. The van der Waals surface area contributed by atoms with E-state index < -0.39 is 5.97 Å². The van der Waals surface area contributed by atoms with Gasteiger partial charge in [-0.2, -0.15) is 0 Å². The highest BCUT2D eigenvalue weighted by molar-refractivity contribution is 7.99. The smallest absolute Gasteiger partial charge is 0.341 e. The number of esters is 1. The molecule has 0 spiro atoms. The average molecular weight is 472 g/mol. The maximum absolute atomic E-state index is 12.6. The molecule has 1 amide bonds. The van der Waals surface area contributed by atoms with E-state index in [1.165, 1.54) is 28.9 Å². The molecular formula is C23H25N3O4S2. The molecule has 2 aromatic heterocycles. The first-order valence-corrected chi connectivity index (χ1v) is 12.3. The number of aryl methyl sites for hydroxylation is 3. The van der Waals surface area contributed by atoms with Crippen molar-refractivity contribution in [3.05, 3.63) is 45.3 Å². The van der Waals surface area contributed by atoms with Crippen molar-refractivity contribution < 1.29 is 18.7 Å². The van der Waals surface area contributed by atoms with Crippen LogP contribution in [0.1, 0.15) is 51.2 Å². The van der Waals surface area contributed by atoms with Crippen LogP contribution < -0.4 is 5.32 Å². The van der Waals surface area contributed by atoms with E-state index >= 15 is 0 Å². The number of hydrogen-bond donors (Lipinski definition) is 1. The number of benzene rings is 1. The largest absolute Gasteiger partial charge is 0.465 e. The summed E-state index contributed by atoms with van der Waals surface area (Å²) in [5.74, 6) is -0.117. The molecule has 1 aliphatic rings. The number of nitrogens with one attached hydrogen (secondary N) is 1. The van der Waals surface area contributed by atoms with Crippen LogP contribution in [-0.4, -0.2) is 34.9 Å². The minimum atomic E-state index is -0.401. The van der Waals surface area contributed by atoms with E-state index in [4.69, 9.17) is 9.15 Å². The van der Waals surface area contributed by atoms with Crippen LogP contribution in [0.2, 0.25) is 0 Å². The van der Waals surface area contributed by atoms with E-state index in [2.05, 4.69) is 15.5 Å². The Morgan fingerprint density at radius 1 is 1.16 bits per heavy atom. The van der Waals surface area contributed by atoms with Crippen LogP contribution in [0.25, 0.3) is 11.5 Å². The second-order valence-electron chi connectivity index (χ2n) is 7.77. The zero-order valence-electron chi connectivity index (χ0n) is 18.3. The van der Waals surface area contributed by atoms with Crippen LogP contribution in [0.4, 0.5) is 5.00 Å². The number of anilines is 1. The summed E-state index contributed by atoms with van der Waals surface area (Å²) in [6, 6.07) is 5.95. The first-order valence-electron chi connectivity index (χ1n) is 10.5. The molecule has 0 bridgehead atoms. The van der Waals surface area contributed by atoms with Gasteiger partial charge in [-0.1, -0.05) is 24.2 Å². The van der Waals surface area contributed by atoms with E-state index in [1.807, 2.05) is 32.0 Å². The summed E-state index contributed by atoms with van der Waals surface area (Å²) in [7, 11) is 1.37. The van der Waals surface area contributed by atoms with Crippen molar-refractivity contribution in [1.82, 2.24) is 10.2 Å². The van der Waals surface area contributed by atoms with E-state index in [0.717, 1.165) is 60.6 Å². The van der Waals surface area contributed by atoms with Gasteiger partial charge >= 0.3 is 5.97 Å². The highest BCUT2D eigenvalue weighted by Gasteiger charge is 2.26. The number of thiophene rings is 1. The molecule has 1 aliphatic carbocycles. The van der Waals surface area contributed by atoms with Crippen LogP contribution in [0.3, 0.4) is 0 Å². The third kappa shape index (κ3) is 4.88. The Hall–Kier alpha value is -2.65. The monoisotopic (exact) mass is 471 g/mol. The van der Waals surface area contributed by atoms with Crippen LogP contribution in [0.5, 0.6) is 0 Å². The van der Waals surface area contributed by atoms with Crippen LogP contribution in [0, 0.1) is 13.8 Å². The molecule has 0 saturated carbocycles. The van der Waals surface area contributed by atoms with Crippen molar-refractivity contribution in [2.45, 2.75) is 51.2 Å². The predicted molar refractivity (Wildman–Crippen MR) is 125 cm³/mol. The lowest BCUT2D eigenvalue weighted by atomic mass is 10.1. The highest BCUT2D eigenvalue weighted by Crippen LogP contribution is 2.38. The van der Waals surface area contributed by atoms with E-state index in [9.17, 15) is 9.59 Å². The maximum atomic E-state index is 12.6. The third-order valence-electron chi connectivity index (χ3n) is 5.55. The Morgan fingerprint density at radius 2 is 1.97 bits per heavy atom. The van der Waals surface area contributed by atoms with Crippen molar-refractivity contribution in [3.63, 3.8) is 0 Å². The molecule has 168 valence electrons. The summed E-state index contributed by atoms with van der Waals surface area (Å²) in [4.78, 5) is 26.2. The molecule has 0 aliphatic heterocycles. The van der Waals surface area contributed by atoms with Crippen molar-refractivity contribution in [2.24, 2.45) is 0 Å². The molecule has 1 aromatic carbocycles. The quantitative estimate of drug-likeness (QED) is 0.300. The molecule has 3 aromatic rings. The lowest BCUT2D eigenvalue weighted by Crippen LogP contribution is -2.16. The summed E-state index contributed by atoms with van der Waals surface area (Å²) in [5.41, 5.74) is 4.71. The van der Waals surface area contributed by atoms with Crippen molar-refractivity contribution in [3.8, 4) is 11.5 Å². The van der Waals surface area contributed by atoms with Gasteiger partial charge in [0.25, 0.3) is 5.22 Å². The molecule has 7 nitrogen and oxygen atoms in total. The van der Waals surface area contributed by atoms with Gasteiger partial charge in [0.2, 0.25) is 11.8 Å². The number of nitrogens with zero attached hydrogens (tertiary/aromatic N) is 2. The number of carbonyl (C=O) groups is 2. The van der Waals surface area contributed by atoms with Gasteiger partial charge in [-0.25, -0.2) is 4.79 Å². The number of hydrogen-bond acceptors (Lipinski definition) is 8. The Morgan fingerprint density at radius 3 is 2.75 bits per heavy atom. The van der Waals surface area contributed by atoms with Gasteiger partial charge < -0.3 is 14.5 Å². The molecule has 2 heterocycles. The number of ether oxygens (including phenoxy) is 1. The molecular weight excluding hydrogens is 446 g/mol. The molecule has 0 saturated heterocycles. The molecule has 0 atom stereocenters. The fraction of sp³-hybridized carbons (Fsp3) is 0.391. The third-order valence-corrected chi connectivity index (χ3v) is 7.58. The van der Waals surface area contributed by atoms with Gasteiger partial charge in [0.15, 0.2) is 0 Å². The average Bonchev–Trinajstić information content (AvgIpc) is 3.32. The summed E-state index contributed by atoms with van der Waals surface area (Å²) >= 11 is 2.64. The molecule has 4 rings (SSSR count). The Bertz CT molecular complexity index is 1150. The molecule has 0 fully saturated rings. The fourth-order valence-corrected chi connectivity index (χ4v) is 5.55. The van der Waals surface area contributed by atoms with Gasteiger partial charge in [0, 0.05) is 10.4 Å². The minimum absolute atomic E-state index is 0.0950. The number of rotatable bonds is 6. The molecule has 1 N–H and O–H groups in total. The summed E-state index contributed by atoms with van der Waals surface area (Å²) in [6.45, 7) is 4.08. The maximum Gasteiger partial charge on any atom is 0.341 e. The van der Waals surface area contributed by atoms with Crippen LogP contribution >= 0.6 is 23.1 Å². The fourth-order valence-electron chi connectivity index (χ4n) is 3.70. The first kappa shape index (κ1) is 22.5. The first-order chi connectivity index (χ1) is 15.5. The van der Waals surface area contributed by atoms with Gasteiger partial charge in [-0.15, -0.1) is 21.5 Å². The van der Waals surface area contributed by atoms with E-state index in [1.54, 1.807) is 0 Å². The van der Waals surface area contributed by atoms with Gasteiger partial charge in [0.1, 0.15) is 5.00 Å². The Balaban J connectivity index is 1.43. The summed E-state index contributed by atoms with van der Waals surface area (Å²) in [6.07, 6.45) is 5.05. The lowest BCUT2D eigenvalue weighted by Gasteiger charge is -2.07. The molecule has 0 radical (unpaired) electrons. The normalized spacial score (nSPS) is 13.3.